The lowest BCUT2D eigenvalue weighted by Gasteiger charge is -2.34. The number of hydrogen-bond acceptors (Lipinski definition) is 3. The standard InChI is InChI=1S/C30H41NO3/c1-9-13-26(10-2)31-28(32)20-23(5)15-12-14-22(4)16-17-27-24(6)25(18-19-30(27,7)8)21-29(33)34-11-3/h9-10,12-17,20-21H,11,18-19H2,1-8H3,(H,31,32)/b13-9-,15-12+,17-16+,22-14+,23-20-,25-21+,26-10+. The van der Waals surface area contributed by atoms with Gasteiger partial charge < -0.3 is 10.1 Å². The van der Waals surface area contributed by atoms with Crippen LogP contribution in [0.2, 0.25) is 0 Å². The summed E-state index contributed by atoms with van der Waals surface area (Å²) in [7, 11) is 0. The van der Waals surface area contributed by atoms with Crippen LogP contribution in [0.5, 0.6) is 0 Å². The fourth-order valence-electron chi connectivity index (χ4n) is 3.75. The number of esters is 1. The van der Waals surface area contributed by atoms with E-state index in [9.17, 15) is 9.59 Å². The van der Waals surface area contributed by atoms with Crippen molar-refractivity contribution in [3.8, 4) is 0 Å². The number of allylic oxidation sites excluding steroid dienone is 13. The molecule has 4 heteroatoms. The summed E-state index contributed by atoms with van der Waals surface area (Å²) in [6.07, 6.45) is 20.8. The number of hydrogen-bond donors (Lipinski definition) is 1. The summed E-state index contributed by atoms with van der Waals surface area (Å²) >= 11 is 0. The van der Waals surface area contributed by atoms with E-state index in [-0.39, 0.29) is 17.3 Å². The quantitative estimate of drug-likeness (QED) is 0.223. The van der Waals surface area contributed by atoms with E-state index in [2.05, 4.69) is 38.2 Å². The van der Waals surface area contributed by atoms with E-state index in [1.807, 2.05) is 71.1 Å². The van der Waals surface area contributed by atoms with Gasteiger partial charge in [0, 0.05) is 17.8 Å². The second kappa shape index (κ2) is 14.2. The van der Waals surface area contributed by atoms with Crippen molar-refractivity contribution in [2.45, 2.75) is 68.2 Å². The molecule has 1 aliphatic carbocycles. The molecule has 0 heterocycles. The van der Waals surface area contributed by atoms with Crippen LogP contribution in [0.25, 0.3) is 0 Å². The van der Waals surface area contributed by atoms with Crippen LogP contribution in [0, 0.1) is 5.41 Å². The molecule has 184 valence electrons. The Hall–Kier alpha value is -3.14. The highest BCUT2D eigenvalue weighted by atomic mass is 16.5. The van der Waals surface area contributed by atoms with Gasteiger partial charge in [0.2, 0.25) is 5.91 Å². The maximum Gasteiger partial charge on any atom is 0.331 e. The third-order valence-electron chi connectivity index (χ3n) is 5.73. The highest BCUT2D eigenvalue weighted by molar-refractivity contribution is 5.90. The summed E-state index contributed by atoms with van der Waals surface area (Å²) in [6.45, 7) is 16.5. The molecule has 0 aromatic rings. The van der Waals surface area contributed by atoms with Crippen molar-refractivity contribution < 1.29 is 14.3 Å². The van der Waals surface area contributed by atoms with Gasteiger partial charge in [-0.15, -0.1) is 0 Å². The number of carbonyl (C=O) groups is 2. The van der Waals surface area contributed by atoms with Gasteiger partial charge >= 0.3 is 5.97 Å². The van der Waals surface area contributed by atoms with Crippen LogP contribution >= 0.6 is 0 Å². The fourth-order valence-corrected chi connectivity index (χ4v) is 3.75. The van der Waals surface area contributed by atoms with E-state index in [1.165, 1.54) is 5.57 Å². The summed E-state index contributed by atoms with van der Waals surface area (Å²) in [5.74, 6) is -0.426. The molecule has 1 rings (SSSR count). The molecule has 0 unspecified atom stereocenters. The largest absolute Gasteiger partial charge is 0.463 e. The van der Waals surface area contributed by atoms with E-state index in [1.54, 1.807) is 12.2 Å². The molecule has 0 saturated heterocycles. The van der Waals surface area contributed by atoms with Crippen molar-refractivity contribution in [2.24, 2.45) is 5.41 Å². The minimum Gasteiger partial charge on any atom is -0.463 e. The van der Waals surface area contributed by atoms with Gasteiger partial charge in [0.15, 0.2) is 0 Å². The van der Waals surface area contributed by atoms with Crippen LogP contribution in [0.3, 0.4) is 0 Å². The Balaban J connectivity index is 2.96. The zero-order valence-electron chi connectivity index (χ0n) is 22.1. The molecule has 1 N–H and O–H groups in total. The number of carbonyl (C=O) groups excluding carboxylic acids is 2. The molecule has 0 aromatic heterocycles. The lowest BCUT2D eigenvalue weighted by Crippen LogP contribution is -2.21. The third kappa shape index (κ3) is 9.78. The summed E-state index contributed by atoms with van der Waals surface area (Å²) in [4.78, 5) is 24.1. The summed E-state index contributed by atoms with van der Waals surface area (Å²) in [5, 5.41) is 2.85. The van der Waals surface area contributed by atoms with E-state index in [0.717, 1.165) is 40.8 Å². The van der Waals surface area contributed by atoms with Gasteiger partial charge in [-0.05, 0) is 88.2 Å². The first kappa shape index (κ1) is 28.9. The van der Waals surface area contributed by atoms with Gasteiger partial charge in [0.25, 0.3) is 0 Å². The smallest absolute Gasteiger partial charge is 0.331 e. The highest BCUT2D eigenvalue weighted by Gasteiger charge is 2.29. The number of rotatable bonds is 9. The highest BCUT2D eigenvalue weighted by Crippen LogP contribution is 2.43. The zero-order valence-corrected chi connectivity index (χ0v) is 22.1. The lowest BCUT2D eigenvalue weighted by atomic mass is 9.71. The van der Waals surface area contributed by atoms with Gasteiger partial charge in [0.05, 0.1) is 6.61 Å². The molecular weight excluding hydrogens is 422 g/mol. The van der Waals surface area contributed by atoms with Gasteiger partial charge in [0.1, 0.15) is 0 Å². The Labute approximate surface area is 206 Å². The van der Waals surface area contributed by atoms with Crippen LogP contribution in [-0.2, 0) is 14.3 Å². The summed E-state index contributed by atoms with van der Waals surface area (Å²) < 4.78 is 5.09. The van der Waals surface area contributed by atoms with Gasteiger partial charge in [-0.2, -0.15) is 0 Å². The van der Waals surface area contributed by atoms with Crippen molar-refractivity contribution in [2.75, 3.05) is 6.61 Å². The summed E-state index contributed by atoms with van der Waals surface area (Å²) in [5.41, 5.74) is 6.20. The molecule has 0 aliphatic heterocycles. The molecule has 0 fully saturated rings. The van der Waals surface area contributed by atoms with Crippen LogP contribution in [0.4, 0.5) is 0 Å². The first-order valence-electron chi connectivity index (χ1n) is 11.9. The molecule has 0 bridgehead atoms. The SMILES string of the molecule is C/C=C\C(=C/C)NC(=O)\C=C(C)/C=C/C=C(C)/C=C/C1=C(C)C(=C/C(=O)OCC)/CCC1(C)C. The van der Waals surface area contributed by atoms with Crippen molar-refractivity contribution >= 4 is 11.9 Å². The molecule has 1 amide bonds. The minimum absolute atomic E-state index is 0.0359. The van der Waals surface area contributed by atoms with Crippen molar-refractivity contribution in [3.63, 3.8) is 0 Å². The minimum atomic E-state index is -0.276. The monoisotopic (exact) mass is 463 g/mol. The predicted octanol–water partition coefficient (Wildman–Crippen LogP) is 7.21. The first-order valence-corrected chi connectivity index (χ1v) is 11.9. The molecule has 0 saturated carbocycles. The van der Waals surface area contributed by atoms with Crippen molar-refractivity contribution in [3.05, 3.63) is 94.3 Å². The summed E-state index contributed by atoms with van der Waals surface area (Å²) in [6, 6.07) is 0. The Bertz CT molecular complexity index is 992. The number of amides is 1. The molecule has 1 aliphatic rings. The van der Waals surface area contributed by atoms with E-state index >= 15 is 0 Å². The Morgan fingerprint density at radius 2 is 1.79 bits per heavy atom. The zero-order chi connectivity index (χ0) is 25.7. The average molecular weight is 464 g/mol. The molecule has 34 heavy (non-hydrogen) atoms. The van der Waals surface area contributed by atoms with Gasteiger partial charge in [-0.25, -0.2) is 4.79 Å². The van der Waals surface area contributed by atoms with Crippen LogP contribution in [0.15, 0.2) is 94.3 Å². The van der Waals surface area contributed by atoms with Gasteiger partial charge in [-0.3, -0.25) is 4.79 Å². The van der Waals surface area contributed by atoms with Crippen molar-refractivity contribution in [1.82, 2.24) is 5.32 Å². The number of ether oxygens (including phenoxy) is 1. The Morgan fingerprint density at radius 3 is 2.41 bits per heavy atom. The second-order valence-electron chi connectivity index (χ2n) is 9.07. The fraction of sp³-hybridized carbons (Fsp3) is 0.400. The predicted molar refractivity (Wildman–Crippen MR) is 143 cm³/mol. The first-order chi connectivity index (χ1) is 16.0. The molecule has 0 atom stereocenters. The van der Waals surface area contributed by atoms with Crippen LogP contribution in [-0.4, -0.2) is 18.5 Å². The maximum atomic E-state index is 12.1. The molecule has 4 nitrogen and oxygen atoms in total. The maximum absolute atomic E-state index is 12.1. The van der Waals surface area contributed by atoms with E-state index in [4.69, 9.17) is 4.74 Å². The lowest BCUT2D eigenvalue weighted by molar-refractivity contribution is -0.137. The van der Waals surface area contributed by atoms with Gasteiger partial charge in [-0.1, -0.05) is 62.0 Å². The average Bonchev–Trinajstić information content (AvgIpc) is 2.75. The molecular formula is C30H41NO3. The van der Waals surface area contributed by atoms with Crippen molar-refractivity contribution in [1.29, 1.82) is 0 Å². The molecule has 0 aromatic carbocycles. The van der Waals surface area contributed by atoms with E-state index < -0.39 is 0 Å². The third-order valence-corrected chi connectivity index (χ3v) is 5.73. The topological polar surface area (TPSA) is 55.4 Å². The molecule has 0 radical (unpaired) electrons. The van der Waals surface area contributed by atoms with E-state index in [0.29, 0.717) is 6.61 Å². The second-order valence-corrected chi connectivity index (χ2v) is 9.07. The normalized spacial score (nSPS) is 19.1. The number of nitrogens with one attached hydrogen (secondary N) is 1. The van der Waals surface area contributed by atoms with Crippen LogP contribution in [0.1, 0.15) is 68.2 Å². The molecule has 0 spiro atoms. The van der Waals surface area contributed by atoms with Crippen LogP contribution < -0.4 is 5.32 Å². The Kier molecular flexibility index (Phi) is 12.1. The Morgan fingerprint density at radius 1 is 1.09 bits per heavy atom.